The van der Waals surface area contributed by atoms with Crippen molar-refractivity contribution in [1.82, 2.24) is 0 Å². The lowest BCUT2D eigenvalue weighted by Gasteiger charge is -2.06. The summed E-state index contributed by atoms with van der Waals surface area (Å²) in [6.07, 6.45) is 0. The lowest BCUT2D eigenvalue weighted by molar-refractivity contribution is 0.626. The maximum absolute atomic E-state index is 4.73. The van der Waals surface area contributed by atoms with Crippen LogP contribution in [0.5, 0.6) is 0 Å². The third kappa shape index (κ3) is 2.48. The Morgan fingerprint density at radius 1 is 1.12 bits per heavy atom. The second-order valence-corrected chi connectivity index (χ2v) is 2.64. The largest absolute Gasteiger partial charge is 0.0928 e. The summed E-state index contributed by atoms with van der Waals surface area (Å²) in [5.41, 5.74) is 0. The summed E-state index contributed by atoms with van der Waals surface area (Å²) in [7, 11) is 0. The molecule has 0 N–H and O–H groups in total. The minimum absolute atomic E-state index is 0.333. The number of hydrogen-bond donors (Lipinski definition) is 0. The van der Waals surface area contributed by atoms with Gasteiger partial charge < -0.3 is 0 Å². The van der Waals surface area contributed by atoms with Gasteiger partial charge >= 0.3 is 0 Å². The summed E-state index contributed by atoms with van der Waals surface area (Å²) in [5.74, 6) is 0.894. The zero-order chi connectivity index (χ0) is 6.57. The van der Waals surface area contributed by atoms with Gasteiger partial charge in [-0.05, 0) is 16.7 Å². The van der Waals surface area contributed by atoms with Gasteiger partial charge in [0.05, 0.1) is 0 Å². The van der Waals surface area contributed by atoms with E-state index in [4.69, 9.17) is 24.4 Å². The quantitative estimate of drug-likeness (QED) is 0.560. The first-order chi connectivity index (χ1) is 3.72. The Kier molecular flexibility index (Phi) is 4.19. The van der Waals surface area contributed by atoms with E-state index < -0.39 is 0 Å². The van der Waals surface area contributed by atoms with E-state index in [9.17, 15) is 0 Å². The molecule has 0 nitrogen and oxygen atoms in total. The summed E-state index contributed by atoms with van der Waals surface area (Å²) in [5, 5.41) is 3.44. The third-order valence-electron chi connectivity index (χ3n) is 1.08. The molecule has 0 rings (SSSR count). The molecule has 0 aromatic heterocycles. The maximum Gasteiger partial charge on any atom is 0.0179 e. The first-order valence-corrected chi connectivity index (χ1v) is 3.57. The first-order valence-electron chi connectivity index (χ1n) is 2.63. The molecule has 0 saturated carbocycles. The normalized spacial score (nSPS) is 10.0. The Hall–Kier alpha value is 0.180. The molecule has 0 amide bonds. The summed E-state index contributed by atoms with van der Waals surface area (Å²) < 4.78 is 0. The van der Waals surface area contributed by atoms with E-state index in [0.29, 0.717) is 11.8 Å². The molecular formula is C6H10S2. The van der Waals surface area contributed by atoms with E-state index in [-0.39, 0.29) is 0 Å². The van der Waals surface area contributed by atoms with E-state index in [1.54, 1.807) is 10.7 Å². The Labute approximate surface area is 61.3 Å². The van der Waals surface area contributed by atoms with Crippen LogP contribution in [0.3, 0.4) is 0 Å². The van der Waals surface area contributed by atoms with E-state index in [1.807, 2.05) is 0 Å². The standard InChI is InChI=1S/C6H10S2/c1-5(2)6(3-7)4-8/h3-6H,1-2H3. The lowest BCUT2D eigenvalue weighted by atomic mass is 10.0. The molecule has 0 aromatic carbocycles. The van der Waals surface area contributed by atoms with E-state index in [1.165, 1.54) is 0 Å². The van der Waals surface area contributed by atoms with Gasteiger partial charge in [0, 0.05) is 5.92 Å². The second-order valence-electron chi connectivity index (χ2n) is 2.09. The van der Waals surface area contributed by atoms with Crippen molar-refractivity contribution < 1.29 is 0 Å². The minimum Gasteiger partial charge on any atom is -0.0928 e. The zero-order valence-electron chi connectivity index (χ0n) is 5.13. The molecule has 0 heterocycles. The Bertz CT molecular complexity index is 78.5. The summed E-state index contributed by atoms with van der Waals surface area (Å²) in [6, 6.07) is 0. The van der Waals surface area contributed by atoms with Crippen molar-refractivity contribution in [1.29, 1.82) is 0 Å². The highest BCUT2D eigenvalue weighted by molar-refractivity contribution is 7.80. The van der Waals surface area contributed by atoms with Crippen molar-refractivity contribution in [3.8, 4) is 0 Å². The fourth-order valence-electron chi connectivity index (χ4n) is 0.346. The molecule has 0 unspecified atom stereocenters. The van der Waals surface area contributed by atoms with Crippen LogP contribution in [-0.2, 0) is 0 Å². The Morgan fingerprint density at radius 2 is 1.50 bits per heavy atom. The smallest absolute Gasteiger partial charge is 0.0179 e. The van der Waals surface area contributed by atoms with Crippen LogP contribution in [0.25, 0.3) is 0 Å². The minimum atomic E-state index is 0.333. The van der Waals surface area contributed by atoms with Crippen molar-refractivity contribution in [3.63, 3.8) is 0 Å². The van der Waals surface area contributed by atoms with Crippen molar-refractivity contribution >= 4 is 35.2 Å². The van der Waals surface area contributed by atoms with Gasteiger partial charge in [0.15, 0.2) is 0 Å². The van der Waals surface area contributed by atoms with Gasteiger partial charge in [-0.2, -0.15) is 0 Å². The monoisotopic (exact) mass is 146 g/mol. The number of rotatable bonds is 3. The van der Waals surface area contributed by atoms with Gasteiger partial charge in [-0.25, -0.2) is 0 Å². The fraction of sp³-hybridized carbons (Fsp3) is 0.667. The van der Waals surface area contributed by atoms with Gasteiger partial charge in [0.1, 0.15) is 0 Å². The highest BCUT2D eigenvalue weighted by atomic mass is 32.1. The summed E-state index contributed by atoms with van der Waals surface area (Å²) in [4.78, 5) is 0. The molecule has 2 heteroatoms. The highest BCUT2D eigenvalue weighted by Gasteiger charge is 2.03. The van der Waals surface area contributed by atoms with Gasteiger partial charge in [-0.3, -0.25) is 0 Å². The Morgan fingerprint density at radius 3 is 1.50 bits per heavy atom. The van der Waals surface area contributed by atoms with Crippen molar-refractivity contribution in [2.45, 2.75) is 13.8 Å². The van der Waals surface area contributed by atoms with Crippen LogP contribution in [0.15, 0.2) is 0 Å². The lowest BCUT2D eigenvalue weighted by Crippen LogP contribution is -2.08. The SMILES string of the molecule is CC(C)C(C=S)C=S. The number of thiocarbonyl (C=S) groups is 2. The van der Waals surface area contributed by atoms with Crippen LogP contribution in [-0.4, -0.2) is 10.7 Å². The molecule has 0 fully saturated rings. The van der Waals surface area contributed by atoms with Crippen LogP contribution in [0, 0.1) is 11.8 Å². The number of hydrogen-bond acceptors (Lipinski definition) is 2. The molecule has 0 atom stereocenters. The predicted molar refractivity (Wildman–Crippen MR) is 45.6 cm³/mol. The van der Waals surface area contributed by atoms with E-state index in [0.717, 1.165) is 0 Å². The van der Waals surface area contributed by atoms with Gasteiger partial charge in [-0.1, -0.05) is 38.3 Å². The molecule has 0 bridgehead atoms. The maximum atomic E-state index is 4.73. The van der Waals surface area contributed by atoms with Gasteiger partial charge in [0.2, 0.25) is 0 Å². The molecule has 0 aromatic rings. The van der Waals surface area contributed by atoms with E-state index in [2.05, 4.69) is 13.8 Å². The van der Waals surface area contributed by atoms with Crippen molar-refractivity contribution in [2.24, 2.45) is 11.8 Å². The van der Waals surface area contributed by atoms with Crippen LogP contribution in [0.2, 0.25) is 0 Å². The summed E-state index contributed by atoms with van der Waals surface area (Å²) >= 11 is 9.45. The highest BCUT2D eigenvalue weighted by Crippen LogP contribution is 2.04. The molecule has 0 aliphatic rings. The molecule has 46 valence electrons. The van der Waals surface area contributed by atoms with Crippen LogP contribution in [0.1, 0.15) is 13.8 Å². The van der Waals surface area contributed by atoms with Crippen molar-refractivity contribution in [2.75, 3.05) is 0 Å². The zero-order valence-corrected chi connectivity index (χ0v) is 6.76. The predicted octanol–water partition coefficient (Wildman–Crippen LogP) is 2.26. The van der Waals surface area contributed by atoms with Gasteiger partial charge in [-0.15, -0.1) is 0 Å². The fourth-order valence-corrected chi connectivity index (χ4v) is 1.23. The van der Waals surface area contributed by atoms with Crippen molar-refractivity contribution in [3.05, 3.63) is 0 Å². The van der Waals surface area contributed by atoms with Crippen LogP contribution < -0.4 is 0 Å². The van der Waals surface area contributed by atoms with E-state index >= 15 is 0 Å². The Balaban J connectivity index is 3.68. The van der Waals surface area contributed by atoms with Crippen LogP contribution in [0.4, 0.5) is 0 Å². The molecule has 0 aliphatic heterocycles. The third-order valence-corrected chi connectivity index (χ3v) is 1.71. The van der Waals surface area contributed by atoms with Crippen LogP contribution >= 0.6 is 24.4 Å². The molecule has 8 heavy (non-hydrogen) atoms. The molecular weight excluding hydrogens is 136 g/mol. The average Bonchev–Trinajstić information content (AvgIpc) is 1.69. The molecule has 0 saturated heterocycles. The first kappa shape index (κ1) is 8.18. The second kappa shape index (κ2) is 4.10. The molecule has 0 radical (unpaired) electrons. The van der Waals surface area contributed by atoms with Gasteiger partial charge in [0.25, 0.3) is 0 Å². The molecule has 0 aliphatic carbocycles. The molecule has 0 spiro atoms. The summed E-state index contributed by atoms with van der Waals surface area (Å²) in [6.45, 7) is 4.21. The topological polar surface area (TPSA) is 0 Å². The average molecular weight is 146 g/mol.